The lowest BCUT2D eigenvalue weighted by Crippen LogP contribution is -2.55. The van der Waals surface area contributed by atoms with Crippen LogP contribution in [-0.2, 0) is 6.54 Å². The standard InChI is InChI=1S/C15H28N6O/c1-11-14(12(2)22-19-11)9-18-15(16-3)17-8-13-10-20(4)6-7-21(13)5/h13H,6-10H2,1-5H3,(H2,16,17,18). The molecule has 0 saturated carbocycles. The predicted octanol–water partition coefficient (Wildman–Crippen LogP) is 0.202. The van der Waals surface area contributed by atoms with Gasteiger partial charge >= 0.3 is 0 Å². The van der Waals surface area contributed by atoms with Crippen molar-refractivity contribution in [2.45, 2.75) is 26.4 Å². The first-order valence-corrected chi connectivity index (χ1v) is 7.76. The summed E-state index contributed by atoms with van der Waals surface area (Å²) < 4.78 is 5.18. The van der Waals surface area contributed by atoms with Crippen LogP contribution in [0.2, 0.25) is 0 Å². The molecule has 2 rings (SSSR count). The molecule has 1 fully saturated rings. The van der Waals surface area contributed by atoms with Gasteiger partial charge in [0, 0.05) is 51.4 Å². The number of nitrogens with one attached hydrogen (secondary N) is 2. The average molecular weight is 308 g/mol. The molecule has 1 aliphatic heterocycles. The second-order valence-electron chi connectivity index (χ2n) is 6.01. The Morgan fingerprint density at radius 2 is 2.09 bits per heavy atom. The first-order chi connectivity index (χ1) is 10.5. The van der Waals surface area contributed by atoms with E-state index in [0.29, 0.717) is 12.6 Å². The molecule has 7 heteroatoms. The molecule has 0 amide bonds. The highest BCUT2D eigenvalue weighted by Crippen LogP contribution is 2.11. The fourth-order valence-electron chi connectivity index (χ4n) is 2.68. The van der Waals surface area contributed by atoms with Crippen molar-refractivity contribution in [1.29, 1.82) is 0 Å². The molecule has 0 spiro atoms. The first-order valence-electron chi connectivity index (χ1n) is 7.76. The lowest BCUT2D eigenvalue weighted by atomic mass is 10.2. The fourth-order valence-corrected chi connectivity index (χ4v) is 2.68. The largest absolute Gasteiger partial charge is 0.361 e. The van der Waals surface area contributed by atoms with Crippen LogP contribution >= 0.6 is 0 Å². The molecule has 1 aliphatic rings. The van der Waals surface area contributed by atoms with Gasteiger partial charge in [0.05, 0.1) is 5.69 Å². The molecule has 22 heavy (non-hydrogen) atoms. The van der Waals surface area contributed by atoms with Crippen LogP contribution in [0.25, 0.3) is 0 Å². The third-order valence-electron chi connectivity index (χ3n) is 4.32. The monoisotopic (exact) mass is 308 g/mol. The van der Waals surface area contributed by atoms with Crippen molar-refractivity contribution in [2.75, 3.05) is 47.3 Å². The maximum Gasteiger partial charge on any atom is 0.191 e. The van der Waals surface area contributed by atoms with E-state index < -0.39 is 0 Å². The zero-order valence-corrected chi connectivity index (χ0v) is 14.3. The molecule has 0 aliphatic carbocycles. The minimum absolute atomic E-state index is 0.497. The van der Waals surface area contributed by atoms with Crippen molar-refractivity contribution in [2.24, 2.45) is 4.99 Å². The second-order valence-corrected chi connectivity index (χ2v) is 6.01. The Balaban J connectivity index is 1.82. The SMILES string of the molecule is CN=C(NCc1c(C)noc1C)NCC1CN(C)CCN1C. The van der Waals surface area contributed by atoms with Crippen molar-refractivity contribution in [3.05, 3.63) is 17.0 Å². The van der Waals surface area contributed by atoms with E-state index in [2.05, 4.69) is 44.7 Å². The molecule has 0 bridgehead atoms. The lowest BCUT2D eigenvalue weighted by molar-refractivity contribution is 0.116. The minimum Gasteiger partial charge on any atom is -0.361 e. The number of aromatic nitrogens is 1. The predicted molar refractivity (Wildman–Crippen MR) is 88.1 cm³/mol. The second kappa shape index (κ2) is 7.60. The Kier molecular flexibility index (Phi) is 5.79. The number of rotatable bonds is 4. The zero-order valence-electron chi connectivity index (χ0n) is 14.3. The van der Waals surface area contributed by atoms with Crippen LogP contribution in [0.5, 0.6) is 0 Å². The van der Waals surface area contributed by atoms with Crippen molar-refractivity contribution in [3.8, 4) is 0 Å². The van der Waals surface area contributed by atoms with Gasteiger partial charge < -0.3 is 20.1 Å². The molecule has 1 atom stereocenters. The minimum atomic E-state index is 0.497. The molecular weight excluding hydrogens is 280 g/mol. The van der Waals surface area contributed by atoms with Crippen LogP contribution in [-0.4, -0.2) is 74.3 Å². The van der Waals surface area contributed by atoms with E-state index in [4.69, 9.17) is 4.52 Å². The number of aliphatic imine (C=N–C) groups is 1. The Morgan fingerprint density at radius 1 is 1.32 bits per heavy atom. The van der Waals surface area contributed by atoms with Gasteiger partial charge in [-0.2, -0.15) is 0 Å². The highest BCUT2D eigenvalue weighted by atomic mass is 16.5. The number of hydrogen-bond acceptors (Lipinski definition) is 5. The van der Waals surface area contributed by atoms with Crippen LogP contribution in [0.3, 0.4) is 0 Å². The average Bonchev–Trinajstić information content (AvgIpc) is 2.82. The lowest BCUT2D eigenvalue weighted by Gasteiger charge is -2.37. The molecule has 0 aromatic carbocycles. The van der Waals surface area contributed by atoms with Gasteiger partial charge in [-0.1, -0.05) is 5.16 Å². The van der Waals surface area contributed by atoms with Crippen molar-refractivity contribution in [3.63, 3.8) is 0 Å². The molecule has 2 N–H and O–H groups in total. The summed E-state index contributed by atoms with van der Waals surface area (Å²) in [5.74, 6) is 1.66. The number of nitrogens with zero attached hydrogens (tertiary/aromatic N) is 4. The van der Waals surface area contributed by atoms with E-state index >= 15 is 0 Å². The van der Waals surface area contributed by atoms with Crippen LogP contribution in [0.1, 0.15) is 17.0 Å². The molecule has 124 valence electrons. The highest BCUT2D eigenvalue weighted by molar-refractivity contribution is 5.79. The zero-order chi connectivity index (χ0) is 16.1. The fraction of sp³-hybridized carbons (Fsp3) is 0.733. The summed E-state index contributed by atoms with van der Waals surface area (Å²) in [6, 6.07) is 0.497. The summed E-state index contributed by atoms with van der Waals surface area (Å²) in [5.41, 5.74) is 2.02. The first kappa shape index (κ1) is 16.8. The third-order valence-corrected chi connectivity index (χ3v) is 4.32. The van der Waals surface area contributed by atoms with Crippen LogP contribution < -0.4 is 10.6 Å². The van der Waals surface area contributed by atoms with Gasteiger partial charge in [0.2, 0.25) is 0 Å². The van der Waals surface area contributed by atoms with Crippen molar-refractivity contribution < 1.29 is 4.52 Å². The summed E-state index contributed by atoms with van der Waals surface area (Å²) in [6.07, 6.45) is 0. The summed E-state index contributed by atoms with van der Waals surface area (Å²) in [5, 5.41) is 10.7. The molecule has 0 radical (unpaired) electrons. The molecule has 1 aromatic rings. The van der Waals surface area contributed by atoms with E-state index in [-0.39, 0.29) is 0 Å². The topological polar surface area (TPSA) is 68.9 Å². The Hall–Kier alpha value is -1.60. The molecular formula is C15H28N6O. The van der Waals surface area contributed by atoms with Gasteiger partial charge in [-0.3, -0.25) is 9.89 Å². The van der Waals surface area contributed by atoms with Gasteiger partial charge in [0.1, 0.15) is 5.76 Å². The number of guanidine groups is 1. The maximum atomic E-state index is 5.18. The van der Waals surface area contributed by atoms with Crippen LogP contribution in [0.15, 0.2) is 9.52 Å². The Bertz CT molecular complexity index is 493. The molecule has 1 unspecified atom stereocenters. The number of likely N-dealkylation sites (N-methyl/N-ethyl adjacent to an activating group) is 2. The third kappa shape index (κ3) is 4.20. The summed E-state index contributed by atoms with van der Waals surface area (Å²) in [6.45, 7) is 8.74. The quantitative estimate of drug-likeness (QED) is 0.612. The normalized spacial score (nSPS) is 21.1. The van der Waals surface area contributed by atoms with Crippen LogP contribution in [0, 0.1) is 13.8 Å². The van der Waals surface area contributed by atoms with Gasteiger partial charge in [0.15, 0.2) is 5.96 Å². The smallest absolute Gasteiger partial charge is 0.191 e. The highest BCUT2D eigenvalue weighted by Gasteiger charge is 2.22. The van der Waals surface area contributed by atoms with E-state index in [1.165, 1.54) is 0 Å². The molecule has 7 nitrogen and oxygen atoms in total. The van der Waals surface area contributed by atoms with E-state index in [0.717, 1.165) is 49.2 Å². The maximum absolute atomic E-state index is 5.18. The molecule has 1 aromatic heterocycles. The van der Waals surface area contributed by atoms with Gasteiger partial charge in [-0.05, 0) is 27.9 Å². The molecule has 2 heterocycles. The van der Waals surface area contributed by atoms with Crippen molar-refractivity contribution in [1.82, 2.24) is 25.6 Å². The van der Waals surface area contributed by atoms with E-state index in [9.17, 15) is 0 Å². The summed E-state index contributed by atoms with van der Waals surface area (Å²) >= 11 is 0. The van der Waals surface area contributed by atoms with E-state index in [1.807, 2.05) is 13.8 Å². The van der Waals surface area contributed by atoms with Gasteiger partial charge in [-0.15, -0.1) is 0 Å². The van der Waals surface area contributed by atoms with Gasteiger partial charge in [0.25, 0.3) is 0 Å². The van der Waals surface area contributed by atoms with E-state index in [1.54, 1.807) is 7.05 Å². The number of hydrogen-bond donors (Lipinski definition) is 2. The summed E-state index contributed by atoms with van der Waals surface area (Å²) in [7, 11) is 6.14. The number of piperazine rings is 1. The van der Waals surface area contributed by atoms with Crippen LogP contribution in [0.4, 0.5) is 0 Å². The summed E-state index contributed by atoms with van der Waals surface area (Å²) in [4.78, 5) is 9.05. The Morgan fingerprint density at radius 3 is 2.73 bits per heavy atom. The van der Waals surface area contributed by atoms with Gasteiger partial charge in [-0.25, -0.2) is 0 Å². The van der Waals surface area contributed by atoms with Crippen molar-refractivity contribution >= 4 is 5.96 Å². The Labute approximate surface area is 132 Å². The number of aryl methyl sites for hydroxylation is 2. The molecule has 1 saturated heterocycles.